The zero-order chi connectivity index (χ0) is 13.7. The number of nitrogens with zero attached hydrogens (tertiary/aromatic N) is 1. The number of aliphatic hydroxyl groups is 1. The van der Waals surface area contributed by atoms with Crippen LogP contribution < -0.4 is 4.74 Å². The van der Waals surface area contributed by atoms with Gasteiger partial charge >= 0.3 is 0 Å². The second-order valence-electron chi connectivity index (χ2n) is 5.20. The largest absolute Gasteiger partial charge is 0.496 e. The van der Waals surface area contributed by atoms with Crippen LogP contribution in [-0.2, 0) is 11.3 Å². The molecule has 4 nitrogen and oxygen atoms in total. The van der Waals surface area contributed by atoms with Crippen LogP contribution in [0.3, 0.4) is 0 Å². The number of benzene rings is 1. The Kier molecular flexibility index (Phi) is 5.19. The summed E-state index contributed by atoms with van der Waals surface area (Å²) in [6.45, 7) is 2.89. The zero-order valence-corrected chi connectivity index (χ0v) is 11.7. The highest BCUT2D eigenvalue weighted by Gasteiger charge is 2.24. The summed E-state index contributed by atoms with van der Waals surface area (Å²) in [5, 5.41) is 10.2. The van der Waals surface area contributed by atoms with Crippen LogP contribution in [-0.4, -0.2) is 50.0 Å². The van der Waals surface area contributed by atoms with E-state index in [1.165, 1.54) is 0 Å². The standard InChI is InChI=1S/C15H23NO3/c1-16(10-14(17)13-7-8-19-11-13)9-12-5-3-4-6-15(12)18-2/h3-6,13-14,17H,7-11H2,1-2H3. The molecule has 0 saturated carbocycles. The van der Waals surface area contributed by atoms with Gasteiger partial charge in [-0.3, -0.25) is 4.90 Å². The molecule has 1 aliphatic heterocycles. The fourth-order valence-electron chi connectivity index (χ4n) is 2.51. The summed E-state index contributed by atoms with van der Waals surface area (Å²) in [7, 11) is 3.70. The molecule has 1 aliphatic rings. The maximum absolute atomic E-state index is 10.2. The highest BCUT2D eigenvalue weighted by atomic mass is 16.5. The molecule has 1 fully saturated rings. The van der Waals surface area contributed by atoms with E-state index in [1.807, 2.05) is 25.2 Å². The molecule has 2 rings (SSSR count). The van der Waals surface area contributed by atoms with E-state index in [4.69, 9.17) is 9.47 Å². The van der Waals surface area contributed by atoms with Crippen LogP contribution in [0.2, 0.25) is 0 Å². The molecule has 19 heavy (non-hydrogen) atoms. The molecule has 2 atom stereocenters. The number of ether oxygens (including phenoxy) is 2. The van der Waals surface area contributed by atoms with Gasteiger partial charge in [-0.25, -0.2) is 0 Å². The number of likely N-dealkylation sites (N-methyl/N-ethyl adjacent to an activating group) is 1. The van der Waals surface area contributed by atoms with E-state index >= 15 is 0 Å². The van der Waals surface area contributed by atoms with E-state index in [1.54, 1.807) is 7.11 Å². The monoisotopic (exact) mass is 265 g/mol. The summed E-state index contributed by atoms with van der Waals surface area (Å²) < 4.78 is 10.7. The van der Waals surface area contributed by atoms with Crippen LogP contribution in [0, 0.1) is 5.92 Å². The van der Waals surface area contributed by atoms with Crippen molar-refractivity contribution in [2.75, 3.05) is 33.9 Å². The predicted octanol–water partition coefficient (Wildman–Crippen LogP) is 1.52. The van der Waals surface area contributed by atoms with Crippen LogP contribution in [0.25, 0.3) is 0 Å². The average Bonchev–Trinajstić information content (AvgIpc) is 2.93. The summed E-state index contributed by atoms with van der Waals surface area (Å²) in [5.74, 6) is 1.17. The molecule has 1 aromatic carbocycles. The SMILES string of the molecule is COc1ccccc1CN(C)CC(O)C1CCOC1. The van der Waals surface area contributed by atoms with Gasteiger partial charge in [0.05, 0.1) is 19.8 Å². The van der Waals surface area contributed by atoms with Crippen molar-refractivity contribution < 1.29 is 14.6 Å². The van der Waals surface area contributed by atoms with Gasteiger partial charge < -0.3 is 14.6 Å². The maximum Gasteiger partial charge on any atom is 0.123 e. The lowest BCUT2D eigenvalue weighted by Gasteiger charge is -2.24. The Balaban J connectivity index is 1.87. The third kappa shape index (κ3) is 3.93. The van der Waals surface area contributed by atoms with Gasteiger partial charge in [-0.2, -0.15) is 0 Å². The van der Waals surface area contributed by atoms with Gasteiger partial charge in [0.2, 0.25) is 0 Å². The minimum absolute atomic E-state index is 0.278. The van der Waals surface area contributed by atoms with Crippen molar-refractivity contribution in [2.45, 2.75) is 19.1 Å². The minimum Gasteiger partial charge on any atom is -0.496 e. The number of hydrogen-bond acceptors (Lipinski definition) is 4. The molecular formula is C15H23NO3. The molecule has 1 aromatic rings. The van der Waals surface area contributed by atoms with Crippen molar-refractivity contribution in [1.82, 2.24) is 4.90 Å². The quantitative estimate of drug-likeness (QED) is 0.847. The van der Waals surface area contributed by atoms with Crippen LogP contribution in [0.4, 0.5) is 0 Å². The highest BCUT2D eigenvalue weighted by molar-refractivity contribution is 5.32. The Morgan fingerprint density at radius 1 is 1.47 bits per heavy atom. The zero-order valence-electron chi connectivity index (χ0n) is 11.7. The fourth-order valence-corrected chi connectivity index (χ4v) is 2.51. The lowest BCUT2D eigenvalue weighted by Crippen LogP contribution is -2.34. The molecule has 4 heteroatoms. The Bertz CT molecular complexity index is 391. The molecule has 106 valence electrons. The molecule has 0 bridgehead atoms. The van der Waals surface area contributed by atoms with Crippen molar-refractivity contribution in [3.05, 3.63) is 29.8 Å². The van der Waals surface area contributed by atoms with Gasteiger partial charge in [0.25, 0.3) is 0 Å². The minimum atomic E-state index is -0.317. The van der Waals surface area contributed by atoms with Crippen molar-refractivity contribution in [2.24, 2.45) is 5.92 Å². The van der Waals surface area contributed by atoms with Crippen LogP contribution >= 0.6 is 0 Å². The van der Waals surface area contributed by atoms with Crippen molar-refractivity contribution in [1.29, 1.82) is 0 Å². The van der Waals surface area contributed by atoms with Crippen LogP contribution in [0.1, 0.15) is 12.0 Å². The average molecular weight is 265 g/mol. The number of aliphatic hydroxyl groups excluding tert-OH is 1. The van der Waals surface area contributed by atoms with Gasteiger partial charge in [-0.1, -0.05) is 18.2 Å². The van der Waals surface area contributed by atoms with E-state index in [2.05, 4.69) is 11.0 Å². The number of rotatable bonds is 6. The molecular weight excluding hydrogens is 242 g/mol. The summed E-state index contributed by atoms with van der Waals surface area (Å²) in [5.41, 5.74) is 1.14. The molecule has 0 amide bonds. The van der Waals surface area contributed by atoms with E-state index in [0.29, 0.717) is 13.2 Å². The molecule has 0 aliphatic carbocycles. The van der Waals surface area contributed by atoms with Gasteiger partial charge in [-0.05, 0) is 19.5 Å². The van der Waals surface area contributed by atoms with Gasteiger partial charge in [0.1, 0.15) is 5.75 Å². The molecule has 1 N–H and O–H groups in total. The van der Waals surface area contributed by atoms with Crippen LogP contribution in [0.5, 0.6) is 5.75 Å². The first-order valence-electron chi connectivity index (χ1n) is 6.77. The molecule has 2 unspecified atom stereocenters. The van der Waals surface area contributed by atoms with E-state index in [9.17, 15) is 5.11 Å². The van der Waals surface area contributed by atoms with Crippen molar-refractivity contribution >= 4 is 0 Å². The Morgan fingerprint density at radius 3 is 2.95 bits per heavy atom. The smallest absolute Gasteiger partial charge is 0.123 e. The third-order valence-corrected chi connectivity index (χ3v) is 3.64. The summed E-state index contributed by atoms with van der Waals surface area (Å²) in [4.78, 5) is 2.13. The second-order valence-corrected chi connectivity index (χ2v) is 5.20. The normalized spacial score (nSPS) is 20.7. The number of methoxy groups -OCH3 is 1. The lowest BCUT2D eigenvalue weighted by atomic mass is 10.0. The fraction of sp³-hybridized carbons (Fsp3) is 0.600. The van der Waals surface area contributed by atoms with Gasteiger partial charge in [0.15, 0.2) is 0 Å². The Labute approximate surface area is 114 Å². The highest BCUT2D eigenvalue weighted by Crippen LogP contribution is 2.21. The first-order valence-corrected chi connectivity index (χ1v) is 6.77. The summed E-state index contributed by atoms with van der Waals surface area (Å²) in [6.07, 6.45) is 0.645. The van der Waals surface area contributed by atoms with E-state index < -0.39 is 0 Å². The molecule has 1 saturated heterocycles. The first-order chi connectivity index (χ1) is 9.20. The predicted molar refractivity (Wildman–Crippen MR) is 74.3 cm³/mol. The molecule has 0 radical (unpaired) electrons. The van der Waals surface area contributed by atoms with Crippen molar-refractivity contribution in [3.8, 4) is 5.75 Å². The third-order valence-electron chi connectivity index (χ3n) is 3.64. The van der Waals surface area contributed by atoms with E-state index in [-0.39, 0.29) is 12.0 Å². The molecule has 1 heterocycles. The second kappa shape index (κ2) is 6.89. The molecule has 0 aromatic heterocycles. The Hall–Kier alpha value is -1.10. The Morgan fingerprint density at radius 2 is 2.26 bits per heavy atom. The van der Waals surface area contributed by atoms with Crippen molar-refractivity contribution in [3.63, 3.8) is 0 Å². The number of para-hydroxylation sites is 1. The van der Waals surface area contributed by atoms with E-state index in [0.717, 1.165) is 30.9 Å². The summed E-state index contributed by atoms with van der Waals surface area (Å²) >= 11 is 0. The van der Waals surface area contributed by atoms with Gasteiger partial charge in [-0.15, -0.1) is 0 Å². The topological polar surface area (TPSA) is 41.9 Å². The number of hydrogen-bond donors (Lipinski definition) is 1. The lowest BCUT2D eigenvalue weighted by molar-refractivity contribution is 0.0613. The summed E-state index contributed by atoms with van der Waals surface area (Å²) in [6, 6.07) is 7.99. The first kappa shape index (κ1) is 14.3. The maximum atomic E-state index is 10.2. The van der Waals surface area contributed by atoms with Gasteiger partial charge in [0, 0.05) is 31.2 Å². The molecule has 0 spiro atoms. The van der Waals surface area contributed by atoms with Crippen LogP contribution in [0.15, 0.2) is 24.3 Å².